The van der Waals surface area contributed by atoms with Crippen LogP contribution in [0.5, 0.6) is 0 Å². The van der Waals surface area contributed by atoms with Gasteiger partial charge in [0, 0.05) is 36.9 Å². The van der Waals surface area contributed by atoms with Crippen molar-refractivity contribution in [3.8, 4) is 11.3 Å². The number of halogens is 1. The lowest BCUT2D eigenvalue weighted by Gasteiger charge is -2.15. The number of fused-ring (bicyclic) bond motifs is 1. The summed E-state index contributed by atoms with van der Waals surface area (Å²) in [5.41, 5.74) is 4.25. The smallest absolute Gasteiger partial charge is 0.129 e. The predicted octanol–water partition coefficient (Wildman–Crippen LogP) is 3.87. The second-order valence-electron chi connectivity index (χ2n) is 6.64. The molecule has 24 heavy (non-hydrogen) atoms. The summed E-state index contributed by atoms with van der Waals surface area (Å²) in [7, 11) is 6.05. The highest BCUT2D eigenvalue weighted by molar-refractivity contribution is 6.30. The van der Waals surface area contributed by atoms with Crippen LogP contribution in [-0.2, 0) is 13.6 Å². The van der Waals surface area contributed by atoms with Crippen molar-refractivity contribution in [2.45, 2.75) is 26.3 Å². The Kier molecular flexibility index (Phi) is 4.56. The van der Waals surface area contributed by atoms with E-state index >= 15 is 0 Å². The number of nitrogens with zero attached hydrogens (tertiary/aromatic N) is 5. The van der Waals surface area contributed by atoms with Gasteiger partial charge in [0.25, 0.3) is 0 Å². The van der Waals surface area contributed by atoms with Gasteiger partial charge in [-0.3, -0.25) is 9.67 Å². The fourth-order valence-corrected chi connectivity index (χ4v) is 3.11. The minimum absolute atomic E-state index is 0.364. The number of pyridine rings is 2. The van der Waals surface area contributed by atoms with Gasteiger partial charge in [-0.25, -0.2) is 4.98 Å². The van der Waals surface area contributed by atoms with Gasteiger partial charge in [-0.1, -0.05) is 25.4 Å². The molecule has 5 nitrogen and oxygen atoms in total. The first kappa shape index (κ1) is 16.9. The molecule has 0 spiro atoms. The molecule has 0 aliphatic heterocycles. The van der Waals surface area contributed by atoms with Crippen molar-refractivity contribution in [2.75, 3.05) is 14.1 Å². The normalized spacial score (nSPS) is 11.8. The summed E-state index contributed by atoms with van der Waals surface area (Å²) in [6, 6.07) is 1.93. The summed E-state index contributed by atoms with van der Waals surface area (Å²) in [6.45, 7) is 5.11. The molecule has 3 rings (SSSR count). The first-order valence-electron chi connectivity index (χ1n) is 7.98. The molecule has 0 bridgehead atoms. The molecule has 3 heterocycles. The molecule has 0 unspecified atom stereocenters. The van der Waals surface area contributed by atoms with Gasteiger partial charge >= 0.3 is 0 Å². The lowest BCUT2D eigenvalue weighted by atomic mass is 9.96. The molecule has 0 atom stereocenters. The standard InChI is InChI=1S/C18H22ClN5/c1-11(2)13-7-21-18(14-8-20-17(19)6-12(13)14)15-9-22-24(5)16(15)10-23(3)4/h6-9,11H,10H2,1-5H3. The Morgan fingerprint density at radius 3 is 2.54 bits per heavy atom. The Labute approximate surface area is 147 Å². The number of aromatic nitrogens is 4. The summed E-state index contributed by atoms with van der Waals surface area (Å²) in [5, 5.41) is 7.05. The van der Waals surface area contributed by atoms with Gasteiger partial charge in [0.1, 0.15) is 5.15 Å². The van der Waals surface area contributed by atoms with E-state index < -0.39 is 0 Å². The second-order valence-corrected chi connectivity index (χ2v) is 7.02. The van der Waals surface area contributed by atoms with Crippen LogP contribution in [-0.4, -0.2) is 38.7 Å². The van der Waals surface area contributed by atoms with Crippen LogP contribution < -0.4 is 0 Å². The quantitative estimate of drug-likeness (QED) is 0.675. The van der Waals surface area contributed by atoms with Crippen molar-refractivity contribution >= 4 is 22.4 Å². The number of hydrogen-bond acceptors (Lipinski definition) is 4. The monoisotopic (exact) mass is 343 g/mol. The van der Waals surface area contributed by atoms with E-state index in [1.165, 1.54) is 5.56 Å². The van der Waals surface area contributed by atoms with Crippen LogP contribution in [0.4, 0.5) is 0 Å². The van der Waals surface area contributed by atoms with Crippen LogP contribution in [0, 0.1) is 0 Å². The summed E-state index contributed by atoms with van der Waals surface area (Å²) < 4.78 is 1.91. The van der Waals surface area contributed by atoms with Crippen LogP contribution in [0.15, 0.2) is 24.7 Å². The molecule has 126 valence electrons. The molecule has 0 N–H and O–H groups in total. The third-order valence-electron chi connectivity index (χ3n) is 4.17. The first-order chi connectivity index (χ1) is 11.4. The molecule has 3 aromatic rings. The summed E-state index contributed by atoms with van der Waals surface area (Å²) in [6.07, 6.45) is 5.65. The van der Waals surface area contributed by atoms with Crippen LogP contribution in [0.2, 0.25) is 5.15 Å². The van der Waals surface area contributed by atoms with Crippen molar-refractivity contribution < 1.29 is 0 Å². The zero-order valence-electron chi connectivity index (χ0n) is 14.7. The Morgan fingerprint density at radius 1 is 1.12 bits per heavy atom. The zero-order chi connectivity index (χ0) is 17.4. The molecule has 0 radical (unpaired) electrons. The zero-order valence-corrected chi connectivity index (χ0v) is 15.5. The molecule has 0 aliphatic carbocycles. The topological polar surface area (TPSA) is 46.8 Å². The van der Waals surface area contributed by atoms with E-state index in [1.54, 1.807) is 0 Å². The van der Waals surface area contributed by atoms with Crippen molar-refractivity contribution in [1.29, 1.82) is 0 Å². The predicted molar refractivity (Wildman–Crippen MR) is 98.2 cm³/mol. The van der Waals surface area contributed by atoms with Gasteiger partial charge in [-0.15, -0.1) is 0 Å². The van der Waals surface area contributed by atoms with Crippen molar-refractivity contribution in [3.05, 3.63) is 41.1 Å². The van der Waals surface area contributed by atoms with Crippen LogP contribution in [0.3, 0.4) is 0 Å². The van der Waals surface area contributed by atoms with Gasteiger partial charge in [0.05, 0.1) is 17.6 Å². The van der Waals surface area contributed by atoms with Crippen LogP contribution in [0.1, 0.15) is 31.0 Å². The van der Waals surface area contributed by atoms with Crippen LogP contribution in [0.25, 0.3) is 22.0 Å². The maximum Gasteiger partial charge on any atom is 0.129 e. The van der Waals surface area contributed by atoms with Crippen molar-refractivity contribution in [1.82, 2.24) is 24.6 Å². The van der Waals surface area contributed by atoms with E-state index in [2.05, 4.69) is 28.8 Å². The lowest BCUT2D eigenvalue weighted by molar-refractivity contribution is 0.388. The maximum absolute atomic E-state index is 6.14. The lowest BCUT2D eigenvalue weighted by Crippen LogP contribution is -2.14. The molecule has 6 heteroatoms. The molecule has 0 saturated heterocycles. The SMILES string of the molecule is CC(C)c1cnc(-c2cnn(C)c2CN(C)C)c2cnc(Cl)cc12. The minimum Gasteiger partial charge on any atom is -0.304 e. The average molecular weight is 344 g/mol. The molecular weight excluding hydrogens is 322 g/mol. The summed E-state index contributed by atoms with van der Waals surface area (Å²) >= 11 is 6.14. The largest absolute Gasteiger partial charge is 0.304 e. The highest BCUT2D eigenvalue weighted by Gasteiger charge is 2.18. The number of aryl methyl sites for hydroxylation is 1. The van der Waals surface area contributed by atoms with E-state index in [-0.39, 0.29) is 0 Å². The number of hydrogen-bond donors (Lipinski definition) is 0. The molecule has 0 aliphatic rings. The molecule has 3 aromatic heterocycles. The first-order valence-corrected chi connectivity index (χ1v) is 8.36. The molecular formula is C18H22ClN5. The van der Waals surface area contributed by atoms with Gasteiger partial charge in [0.2, 0.25) is 0 Å². The third kappa shape index (κ3) is 3.01. The Morgan fingerprint density at radius 2 is 1.88 bits per heavy atom. The Hall–Kier alpha value is -1.98. The van der Waals surface area contributed by atoms with E-state index in [0.29, 0.717) is 11.1 Å². The fourth-order valence-electron chi connectivity index (χ4n) is 2.95. The minimum atomic E-state index is 0.364. The average Bonchev–Trinajstić information content (AvgIpc) is 2.86. The maximum atomic E-state index is 6.14. The van der Waals surface area contributed by atoms with Crippen molar-refractivity contribution in [3.63, 3.8) is 0 Å². The molecule has 0 saturated carbocycles. The highest BCUT2D eigenvalue weighted by atomic mass is 35.5. The summed E-state index contributed by atoms with van der Waals surface area (Å²) in [5.74, 6) is 0.364. The van der Waals surface area contributed by atoms with Crippen LogP contribution >= 0.6 is 11.6 Å². The van der Waals surface area contributed by atoms with Crippen molar-refractivity contribution in [2.24, 2.45) is 7.05 Å². The second kappa shape index (κ2) is 6.49. The molecule has 0 fully saturated rings. The van der Waals surface area contributed by atoms with E-state index in [9.17, 15) is 0 Å². The van der Waals surface area contributed by atoms with Gasteiger partial charge in [-0.05, 0) is 37.0 Å². The fraction of sp³-hybridized carbons (Fsp3) is 0.389. The summed E-state index contributed by atoms with van der Waals surface area (Å²) in [4.78, 5) is 11.2. The van der Waals surface area contributed by atoms with Gasteiger partial charge < -0.3 is 4.90 Å². The molecule has 0 aromatic carbocycles. The van der Waals surface area contributed by atoms with E-state index in [0.717, 1.165) is 34.3 Å². The number of rotatable bonds is 4. The highest BCUT2D eigenvalue weighted by Crippen LogP contribution is 2.34. The van der Waals surface area contributed by atoms with Gasteiger partial charge in [-0.2, -0.15) is 5.10 Å². The Balaban J connectivity index is 2.27. The van der Waals surface area contributed by atoms with E-state index in [1.807, 2.05) is 50.5 Å². The third-order valence-corrected chi connectivity index (χ3v) is 4.38. The Bertz CT molecular complexity index is 882. The molecule has 0 amide bonds. The van der Waals surface area contributed by atoms with Gasteiger partial charge in [0.15, 0.2) is 0 Å². The van der Waals surface area contributed by atoms with E-state index in [4.69, 9.17) is 16.6 Å².